The molecular formula is C21H18N2O4S. The normalized spacial score (nSPS) is 16.6. The summed E-state index contributed by atoms with van der Waals surface area (Å²) in [5.41, 5.74) is 1.44. The van der Waals surface area contributed by atoms with Crippen molar-refractivity contribution in [1.29, 1.82) is 0 Å². The lowest BCUT2D eigenvalue weighted by Crippen LogP contribution is -2.29. The Morgan fingerprint density at radius 3 is 2.79 bits per heavy atom. The Bertz CT molecular complexity index is 997. The molecule has 0 unspecified atom stereocenters. The van der Waals surface area contributed by atoms with Gasteiger partial charge in [-0.05, 0) is 53.7 Å². The summed E-state index contributed by atoms with van der Waals surface area (Å²) in [4.78, 5) is 30.5. The van der Waals surface area contributed by atoms with Crippen LogP contribution in [0.5, 0.6) is 5.75 Å². The molecule has 1 aliphatic rings. The number of methoxy groups -OCH3 is 1. The summed E-state index contributed by atoms with van der Waals surface area (Å²) >= 11 is 1.24. The molecule has 0 aromatic heterocycles. The molecule has 6 nitrogen and oxygen atoms in total. The number of amidine groups is 1. The van der Waals surface area contributed by atoms with Gasteiger partial charge in [0.15, 0.2) is 5.17 Å². The van der Waals surface area contributed by atoms with Crippen LogP contribution in [-0.4, -0.2) is 40.7 Å². The Balaban J connectivity index is 1.96. The van der Waals surface area contributed by atoms with Gasteiger partial charge in [0.1, 0.15) is 5.75 Å². The van der Waals surface area contributed by atoms with E-state index in [4.69, 9.17) is 9.84 Å². The molecule has 1 aliphatic heterocycles. The van der Waals surface area contributed by atoms with E-state index in [0.717, 1.165) is 5.56 Å². The Kier molecular flexibility index (Phi) is 5.96. The number of hydrogen-bond donors (Lipinski definition) is 1. The minimum absolute atomic E-state index is 0.138. The van der Waals surface area contributed by atoms with Crippen LogP contribution in [-0.2, 0) is 4.79 Å². The van der Waals surface area contributed by atoms with Gasteiger partial charge in [-0.2, -0.15) is 0 Å². The van der Waals surface area contributed by atoms with E-state index in [1.54, 1.807) is 31.4 Å². The molecule has 0 bridgehead atoms. The Labute approximate surface area is 166 Å². The van der Waals surface area contributed by atoms with Crippen LogP contribution in [0.25, 0.3) is 6.08 Å². The molecule has 0 aliphatic carbocycles. The molecule has 0 atom stereocenters. The number of amides is 1. The first-order valence-electron chi connectivity index (χ1n) is 8.40. The molecule has 0 radical (unpaired) electrons. The van der Waals surface area contributed by atoms with Gasteiger partial charge in [-0.3, -0.25) is 9.69 Å². The average molecular weight is 394 g/mol. The van der Waals surface area contributed by atoms with Crippen molar-refractivity contribution in [3.05, 3.63) is 77.2 Å². The summed E-state index contributed by atoms with van der Waals surface area (Å²) in [6, 6.07) is 13.7. The number of carbonyl (C=O) groups is 2. The van der Waals surface area contributed by atoms with E-state index in [9.17, 15) is 9.59 Å². The number of aliphatic imine (C=N–C) groups is 1. The highest BCUT2D eigenvalue weighted by Crippen LogP contribution is 2.34. The SMILES string of the molecule is C=CCN1C(=O)/C(=C/c2cccc(OC)c2)SC1=Nc1cccc(C(=O)O)c1. The molecule has 142 valence electrons. The zero-order chi connectivity index (χ0) is 20.1. The Hall–Kier alpha value is -3.32. The molecule has 0 spiro atoms. The first-order chi connectivity index (χ1) is 13.5. The van der Waals surface area contributed by atoms with Crippen LogP contribution in [0.4, 0.5) is 5.69 Å². The van der Waals surface area contributed by atoms with Crippen molar-refractivity contribution in [2.24, 2.45) is 4.99 Å². The molecule has 28 heavy (non-hydrogen) atoms. The van der Waals surface area contributed by atoms with Crippen molar-refractivity contribution in [2.45, 2.75) is 0 Å². The monoisotopic (exact) mass is 394 g/mol. The van der Waals surface area contributed by atoms with Crippen molar-refractivity contribution in [2.75, 3.05) is 13.7 Å². The van der Waals surface area contributed by atoms with Crippen LogP contribution >= 0.6 is 11.8 Å². The Morgan fingerprint density at radius 2 is 2.07 bits per heavy atom. The van der Waals surface area contributed by atoms with Crippen molar-refractivity contribution >= 4 is 40.6 Å². The van der Waals surface area contributed by atoms with E-state index in [2.05, 4.69) is 11.6 Å². The summed E-state index contributed by atoms with van der Waals surface area (Å²) in [7, 11) is 1.59. The summed E-state index contributed by atoms with van der Waals surface area (Å²) < 4.78 is 5.22. The van der Waals surface area contributed by atoms with E-state index >= 15 is 0 Å². The summed E-state index contributed by atoms with van der Waals surface area (Å²) in [5.74, 6) is -0.508. The number of ether oxygens (including phenoxy) is 1. The molecule has 2 aromatic rings. The maximum absolute atomic E-state index is 12.8. The predicted octanol–water partition coefficient (Wildman–Crippen LogP) is 4.18. The lowest BCUT2D eigenvalue weighted by molar-refractivity contribution is -0.121. The van der Waals surface area contributed by atoms with Gasteiger partial charge in [-0.25, -0.2) is 9.79 Å². The average Bonchev–Trinajstić information content (AvgIpc) is 2.97. The summed E-state index contributed by atoms with van der Waals surface area (Å²) in [5, 5.41) is 9.62. The second kappa shape index (κ2) is 8.58. The Morgan fingerprint density at radius 1 is 1.29 bits per heavy atom. The van der Waals surface area contributed by atoms with Crippen LogP contribution in [0.2, 0.25) is 0 Å². The fraction of sp³-hybridized carbons (Fsp3) is 0.0952. The second-order valence-corrected chi connectivity index (χ2v) is 6.85. The van der Waals surface area contributed by atoms with Gasteiger partial charge < -0.3 is 9.84 Å². The first-order valence-corrected chi connectivity index (χ1v) is 9.22. The van der Waals surface area contributed by atoms with Crippen LogP contribution in [0, 0.1) is 0 Å². The van der Waals surface area contributed by atoms with E-state index in [1.165, 1.54) is 28.8 Å². The highest BCUT2D eigenvalue weighted by atomic mass is 32.2. The highest BCUT2D eigenvalue weighted by Gasteiger charge is 2.32. The largest absolute Gasteiger partial charge is 0.497 e. The molecule has 0 saturated carbocycles. The van der Waals surface area contributed by atoms with Crippen molar-refractivity contribution in [1.82, 2.24) is 4.90 Å². The molecule has 1 amide bonds. The van der Waals surface area contributed by atoms with Gasteiger partial charge >= 0.3 is 5.97 Å². The number of thioether (sulfide) groups is 1. The zero-order valence-corrected chi connectivity index (χ0v) is 16.0. The number of nitrogens with zero attached hydrogens (tertiary/aromatic N) is 2. The van der Waals surface area contributed by atoms with Gasteiger partial charge in [-0.1, -0.05) is 24.3 Å². The molecule has 1 fully saturated rings. The third kappa shape index (κ3) is 4.32. The lowest BCUT2D eigenvalue weighted by Gasteiger charge is -2.12. The van der Waals surface area contributed by atoms with Gasteiger partial charge in [-0.15, -0.1) is 6.58 Å². The van der Waals surface area contributed by atoms with Gasteiger partial charge in [0.2, 0.25) is 0 Å². The summed E-state index contributed by atoms with van der Waals surface area (Å²) in [6.07, 6.45) is 3.40. The molecular weight excluding hydrogens is 376 g/mol. The van der Waals surface area contributed by atoms with Gasteiger partial charge in [0.05, 0.1) is 23.3 Å². The summed E-state index contributed by atoms with van der Waals surface area (Å²) in [6.45, 7) is 4.00. The number of benzene rings is 2. The van der Waals surface area contributed by atoms with E-state index in [1.807, 2.05) is 24.3 Å². The van der Waals surface area contributed by atoms with Crippen LogP contribution in [0.3, 0.4) is 0 Å². The van der Waals surface area contributed by atoms with Crippen LogP contribution in [0.15, 0.2) is 71.1 Å². The second-order valence-electron chi connectivity index (χ2n) is 5.84. The molecule has 1 N–H and O–H groups in total. The molecule has 2 aromatic carbocycles. The topological polar surface area (TPSA) is 79.2 Å². The fourth-order valence-electron chi connectivity index (χ4n) is 2.58. The van der Waals surface area contributed by atoms with Gasteiger partial charge in [0.25, 0.3) is 5.91 Å². The van der Waals surface area contributed by atoms with E-state index in [-0.39, 0.29) is 11.5 Å². The molecule has 1 heterocycles. The quantitative estimate of drug-likeness (QED) is 0.587. The number of hydrogen-bond acceptors (Lipinski definition) is 5. The van der Waals surface area contributed by atoms with Crippen LogP contribution in [0.1, 0.15) is 15.9 Å². The first kappa shape index (κ1) is 19.4. The van der Waals surface area contributed by atoms with Crippen LogP contribution < -0.4 is 4.74 Å². The smallest absolute Gasteiger partial charge is 0.335 e. The number of carbonyl (C=O) groups excluding carboxylic acids is 1. The van der Waals surface area contributed by atoms with E-state index in [0.29, 0.717) is 28.1 Å². The van der Waals surface area contributed by atoms with Crippen molar-refractivity contribution < 1.29 is 19.4 Å². The number of aromatic carboxylic acids is 1. The maximum Gasteiger partial charge on any atom is 0.335 e. The number of carboxylic acids is 1. The highest BCUT2D eigenvalue weighted by molar-refractivity contribution is 8.18. The van der Waals surface area contributed by atoms with Crippen molar-refractivity contribution in [3.63, 3.8) is 0 Å². The third-order valence-corrected chi connectivity index (χ3v) is 4.92. The van der Waals surface area contributed by atoms with Gasteiger partial charge in [0, 0.05) is 6.54 Å². The number of rotatable bonds is 6. The van der Waals surface area contributed by atoms with E-state index < -0.39 is 5.97 Å². The predicted molar refractivity (Wildman–Crippen MR) is 111 cm³/mol. The third-order valence-electron chi connectivity index (χ3n) is 3.91. The molecule has 3 rings (SSSR count). The maximum atomic E-state index is 12.8. The fourth-order valence-corrected chi connectivity index (χ4v) is 3.59. The number of carboxylic acid groups (broad SMARTS) is 1. The molecule has 1 saturated heterocycles. The zero-order valence-electron chi connectivity index (χ0n) is 15.2. The lowest BCUT2D eigenvalue weighted by atomic mass is 10.2. The minimum Gasteiger partial charge on any atom is -0.497 e. The minimum atomic E-state index is -1.03. The standard InChI is InChI=1S/C21H18N2O4S/c1-3-10-23-19(24)18(12-14-6-4-9-17(11-14)27-2)28-21(23)22-16-8-5-7-15(13-16)20(25)26/h3-9,11-13H,1,10H2,2H3,(H,25,26)/b18-12-,22-21?. The van der Waals surface area contributed by atoms with Crippen molar-refractivity contribution in [3.8, 4) is 5.75 Å². The molecule has 7 heteroatoms.